The lowest BCUT2D eigenvalue weighted by Crippen LogP contribution is -2.64. The van der Waals surface area contributed by atoms with Crippen molar-refractivity contribution in [1.29, 1.82) is 0 Å². The molecule has 1 aliphatic rings. The fourth-order valence-electron chi connectivity index (χ4n) is 2.55. The van der Waals surface area contributed by atoms with Crippen LogP contribution in [-0.2, 0) is 19.1 Å². The molecule has 0 radical (unpaired) electrons. The van der Waals surface area contributed by atoms with Gasteiger partial charge in [-0.25, -0.2) is 0 Å². The number of amides is 2. The van der Waals surface area contributed by atoms with Gasteiger partial charge in [0, 0.05) is 26.5 Å². The number of carbonyl (C=O) groups excluding carboxylic acids is 2. The van der Waals surface area contributed by atoms with E-state index in [2.05, 4.69) is 10.6 Å². The molecule has 2 amide bonds. The maximum absolute atomic E-state index is 11.5. The van der Waals surface area contributed by atoms with Gasteiger partial charge >= 0.3 is 0 Å². The SMILES string of the molecule is CCCNC(=O)CCCCO[C@@H]1O[C@H](CO)[C@H](O)[C@H](O)[C@H]1NC(C)=O. The van der Waals surface area contributed by atoms with Crippen molar-refractivity contribution in [3.05, 3.63) is 0 Å². The summed E-state index contributed by atoms with van der Waals surface area (Å²) in [7, 11) is 0. The van der Waals surface area contributed by atoms with Crippen LogP contribution in [0.2, 0.25) is 0 Å². The van der Waals surface area contributed by atoms with Gasteiger partial charge in [-0.05, 0) is 19.3 Å². The van der Waals surface area contributed by atoms with Crippen LogP contribution in [-0.4, -0.2) is 77.5 Å². The zero-order chi connectivity index (χ0) is 18.8. The van der Waals surface area contributed by atoms with Crippen LogP contribution in [0.25, 0.3) is 0 Å². The number of aliphatic hydroxyl groups excluding tert-OH is 3. The smallest absolute Gasteiger partial charge is 0.219 e. The van der Waals surface area contributed by atoms with Gasteiger partial charge in [0.2, 0.25) is 11.8 Å². The van der Waals surface area contributed by atoms with Crippen molar-refractivity contribution < 1.29 is 34.4 Å². The Morgan fingerprint density at radius 2 is 1.92 bits per heavy atom. The van der Waals surface area contributed by atoms with Crippen molar-refractivity contribution in [3.63, 3.8) is 0 Å². The first kappa shape index (κ1) is 21.8. The minimum Gasteiger partial charge on any atom is -0.394 e. The highest BCUT2D eigenvalue weighted by atomic mass is 16.7. The van der Waals surface area contributed by atoms with Gasteiger partial charge in [0.15, 0.2) is 6.29 Å². The molecule has 1 saturated heterocycles. The van der Waals surface area contributed by atoms with E-state index >= 15 is 0 Å². The number of aliphatic hydroxyl groups is 3. The van der Waals surface area contributed by atoms with Crippen molar-refractivity contribution in [1.82, 2.24) is 10.6 Å². The molecule has 0 bridgehead atoms. The van der Waals surface area contributed by atoms with E-state index in [0.29, 0.717) is 25.8 Å². The predicted molar refractivity (Wildman–Crippen MR) is 88.5 cm³/mol. The molecule has 0 aromatic rings. The molecule has 0 aliphatic carbocycles. The van der Waals surface area contributed by atoms with Crippen LogP contribution in [0.4, 0.5) is 0 Å². The Kier molecular flexibility index (Phi) is 9.91. The minimum atomic E-state index is -1.33. The van der Waals surface area contributed by atoms with Gasteiger partial charge in [0.05, 0.1) is 6.61 Å². The highest BCUT2D eigenvalue weighted by Crippen LogP contribution is 2.22. The lowest BCUT2D eigenvalue weighted by atomic mass is 9.97. The highest BCUT2D eigenvalue weighted by Gasteiger charge is 2.45. The number of hydrogen-bond acceptors (Lipinski definition) is 7. The second-order valence-corrected chi connectivity index (χ2v) is 6.11. The summed E-state index contributed by atoms with van der Waals surface area (Å²) in [5, 5.41) is 34.5. The number of hydrogen-bond donors (Lipinski definition) is 5. The zero-order valence-corrected chi connectivity index (χ0v) is 14.8. The molecule has 1 heterocycles. The molecule has 0 unspecified atom stereocenters. The molecule has 1 aliphatic heterocycles. The summed E-state index contributed by atoms with van der Waals surface area (Å²) in [6.07, 6.45) is -2.14. The van der Waals surface area contributed by atoms with Crippen LogP contribution in [0.1, 0.15) is 39.5 Å². The van der Waals surface area contributed by atoms with E-state index in [1.165, 1.54) is 6.92 Å². The van der Waals surface area contributed by atoms with Crippen molar-refractivity contribution in [2.45, 2.75) is 70.2 Å². The molecule has 9 nitrogen and oxygen atoms in total. The topological polar surface area (TPSA) is 137 Å². The van der Waals surface area contributed by atoms with Gasteiger partial charge in [0.25, 0.3) is 0 Å². The number of ether oxygens (including phenoxy) is 2. The van der Waals surface area contributed by atoms with Crippen molar-refractivity contribution >= 4 is 11.8 Å². The van der Waals surface area contributed by atoms with Crippen molar-refractivity contribution in [2.75, 3.05) is 19.8 Å². The Morgan fingerprint density at radius 3 is 2.52 bits per heavy atom. The third kappa shape index (κ3) is 7.25. The molecule has 5 N–H and O–H groups in total. The Hall–Kier alpha value is -1.26. The third-order valence-electron chi connectivity index (χ3n) is 3.90. The third-order valence-corrected chi connectivity index (χ3v) is 3.90. The molecule has 1 rings (SSSR count). The average molecular weight is 362 g/mol. The first-order chi connectivity index (χ1) is 11.9. The lowest BCUT2D eigenvalue weighted by molar-refractivity contribution is -0.270. The summed E-state index contributed by atoms with van der Waals surface area (Å²) in [5.74, 6) is -0.408. The van der Waals surface area contributed by atoms with Crippen LogP contribution in [0.3, 0.4) is 0 Å². The number of unbranched alkanes of at least 4 members (excludes halogenated alkanes) is 1. The molecule has 0 saturated carbocycles. The van der Waals surface area contributed by atoms with Gasteiger partial charge in [-0.2, -0.15) is 0 Å². The largest absolute Gasteiger partial charge is 0.394 e. The number of nitrogens with one attached hydrogen (secondary N) is 2. The summed E-state index contributed by atoms with van der Waals surface area (Å²) >= 11 is 0. The van der Waals surface area contributed by atoms with Gasteiger partial charge < -0.3 is 35.4 Å². The van der Waals surface area contributed by atoms with Gasteiger partial charge in [-0.3, -0.25) is 9.59 Å². The minimum absolute atomic E-state index is 0.00854. The molecule has 5 atom stereocenters. The first-order valence-corrected chi connectivity index (χ1v) is 8.68. The molecular formula is C16H30N2O7. The highest BCUT2D eigenvalue weighted by molar-refractivity contribution is 5.75. The van der Waals surface area contributed by atoms with Crippen LogP contribution in [0.5, 0.6) is 0 Å². The summed E-state index contributed by atoms with van der Waals surface area (Å²) in [6.45, 7) is 3.69. The Morgan fingerprint density at radius 1 is 1.20 bits per heavy atom. The van der Waals surface area contributed by atoms with E-state index < -0.39 is 43.2 Å². The quantitative estimate of drug-likeness (QED) is 0.303. The molecule has 146 valence electrons. The fourth-order valence-corrected chi connectivity index (χ4v) is 2.55. The van der Waals surface area contributed by atoms with Gasteiger partial charge in [0.1, 0.15) is 24.4 Å². The maximum atomic E-state index is 11.5. The zero-order valence-electron chi connectivity index (χ0n) is 14.8. The summed E-state index contributed by atoms with van der Waals surface area (Å²) in [6, 6.07) is -0.942. The Bertz CT molecular complexity index is 421. The first-order valence-electron chi connectivity index (χ1n) is 8.68. The van der Waals surface area contributed by atoms with Crippen LogP contribution in [0, 0.1) is 0 Å². The molecule has 1 fully saturated rings. The molecule has 0 spiro atoms. The normalized spacial score (nSPS) is 29.2. The molecular weight excluding hydrogens is 332 g/mol. The Labute approximate surface area is 147 Å². The number of rotatable bonds is 10. The lowest BCUT2D eigenvalue weighted by Gasteiger charge is -2.42. The van der Waals surface area contributed by atoms with E-state index in [4.69, 9.17) is 9.47 Å². The molecule has 9 heteroatoms. The van der Waals surface area contributed by atoms with Crippen molar-refractivity contribution in [3.8, 4) is 0 Å². The molecule has 0 aromatic carbocycles. The molecule has 0 aromatic heterocycles. The van der Waals surface area contributed by atoms with Crippen LogP contribution in [0.15, 0.2) is 0 Å². The van der Waals surface area contributed by atoms with Gasteiger partial charge in [-0.15, -0.1) is 0 Å². The van der Waals surface area contributed by atoms with E-state index in [9.17, 15) is 24.9 Å². The van der Waals surface area contributed by atoms with E-state index in [1.54, 1.807) is 0 Å². The van der Waals surface area contributed by atoms with E-state index in [0.717, 1.165) is 6.42 Å². The Balaban J connectivity index is 2.44. The number of carbonyl (C=O) groups is 2. The average Bonchev–Trinajstić information content (AvgIpc) is 2.58. The summed E-state index contributed by atoms with van der Waals surface area (Å²) in [5.41, 5.74) is 0. The van der Waals surface area contributed by atoms with E-state index in [-0.39, 0.29) is 12.5 Å². The van der Waals surface area contributed by atoms with Crippen molar-refractivity contribution in [2.24, 2.45) is 0 Å². The fraction of sp³-hybridized carbons (Fsp3) is 0.875. The van der Waals surface area contributed by atoms with Crippen LogP contribution < -0.4 is 10.6 Å². The second-order valence-electron chi connectivity index (χ2n) is 6.11. The second kappa shape index (κ2) is 11.4. The summed E-state index contributed by atoms with van der Waals surface area (Å²) in [4.78, 5) is 22.8. The van der Waals surface area contributed by atoms with Crippen LogP contribution >= 0.6 is 0 Å². The monoisotopic (exact) mass is 362 g/mol. The predicted octanol–water partition coefficient (Wildman–Crippen LogP) is -1.36. The standard InChI is InChI=1S/C16H30N2O7/c1-3-7-17-12(21)6-4-5-8-24-16-13(18-10(2)20)15(23)14(22)11(9-19)25-16/h11,13-16,19,22-23H,3-9H2,1-2H3,(H,17,21)(H,18,20)/t11-,13-,14+,15-,16-/m1/s1. The maximum Gasteiger partial charge on any atom is 0.219 e. The van der Waals surface area contributed by atoms with E-state index in [1.807, 2.05) is 6.92 Å². The van der Waals surface area contributed by atoms with Gasteiger partial charge in [-0.1, -0.05) is 6.92 Å². The molecule has 25 heavy (non-hydrogen) atoms. The summed E-state index contributed by atoms with van der Waals surface area (Å²) < 4.78 is 11.0.